The van der Waals surface area contributed by atoms with Crippen molar-refractivity contribution in [3.63, 3.8) is 0 Å². The molecule has 0 radical (unpaired) electrons. The van der Waals surface area contributed by atoms with Crippen LogP contribution >= 0.6 is 11.3 Å². The van der Waals surface area contributed by atoms with Crippen LogP contribution < -0.4 is 14.8 Å². The number of nitrogens with zero attached hydrogens (tertiary/aromatic N) is 2. The fourth-order valence-electron chi connectivity index (χ4n) is 3.67. The number of ether oxygens (including phenoxy) is 2. The van der Waals surface area contributed by atoms with Gasteiger partial charge in [0.15, 0.2) is 17.2 Å². The molecule has 0 fully saturated rings. The molecule has 1 N–H and O–H groups in total. The lowest BCUT2D eigenvalue weighted by molar-refractivity contribution is 0.101. The van der Waals surface area contributed by atoms with Gasteiger partial charge in [0.1, 0.15) is 17.4 Å². The van der Waals surface area contributed by atoms with Crippen LogP contribution in [0, 0.1) is 13.8 Å². The summed E-state index contributed by atoms with van der Waals surface area (Å²) in [4.78, 5) is 17.7. The molecule has 0 atom stereocenters. The number of amides is 1. The summed E-state index contributed by atoms with van der Waals surface area (Å²) < 4.78 is 17.6. The summed E-state index contributed by atoms with van der Waals surface area (Å²) in [7, 11) is 1.58. The Balaban J connectivity index is 1.30. The molecule has 5 rings (SSSR count). The van der Waals surface area contributed by atoms with Crippen molar-refractivity contribution in [2.24, 2.45) is 0 Å². The number of benzene rings is 3. The highest BCUT2D eigenvalue weighted by Crippen LogP contribution is 2.32. The zero-order valence-corrected chi connectivity index (χ0v) is 20.3. The van der Waals surface area contributed by atoms with Crippen molar-refractivity contribution in [1.29, 1.82) is 0 Å². The third-order valence-electron chi connectivity index (χ3n) is 5.57. The molecule has 0 saturated heterocycles. The number of rotatable bonds is 7. The summed E-state index contributed by atoms with van der Waals surface area (Å²) in [6, 6.07) is 21.1. The molecular formula is C27H23N3O4S. The number of aryl methyl sites for hydroxylation is 2. The number of thiazole rings is 1. The van der Waals surface area contributed by atoms with Crippen LogP contribution in [0.1, 0.15) is 27.4 Å². The van der Waals surface area contributed by atoms with E-state index < -0.39 is 0 Å². The fraction of sp³-hybridized carbons (Fsp3) is 0.148. The maximum absolute atomic E-state index is 13.0. The summed E-state index contributed by atoms with van der Waals surface area (Å²) >= 11 is 1.65. The van der Waals surface area contributed by atoms with Gasteiger partial charge >= 0.3 is 0 Å². The van der Waals surface area contributed by atoms with E-state index in [1.807, 2.05) is 48.5 Å². The summed E-state index contributed by atoms with van der Waals surface area (Å²) in [5, 5.41) is 7.78. The third-order valence-corrected chi connectivity index (χ3v) is 6.64. The summed E-state index contributed by atoms with van der Waals surface area (Å²) in [5.41, 5.74) is 4.59. The van der Waals surface area contributed by atoms with Gasteiger partial charge in [-0.05, 0) is 67.9 Å². The fourth-order valence-corrected chi connectivity index (χ4v) is 4.74. The molecule has 3 aromatic carbocycles. The molecule has 0 bridgehead atoms. The van der Waals surface area contributed by atoms with Crippen LogP contribution in [0.5, 0.6) is 11.5 Å². The van der Waals surface area contributed by atoms with Crippen molar-refractivity contribution in [2.75, 3.05) is 12.4 Å². The standard InChI is InChI=1S/C27H23N3O4S/c1-16-8-13-21-24(14-16)35-27(29-21)18-9-11-19(12-10-18)28-26(31)25-20(17(2)34-30-25)15-33-23-7-5-4-6-22(23)32-3/h4-14H,15H2,1-3H3,(H,28,31). The SMILES string of the molecule is COc1ccccc1OCc1c(C(=O)Nc2ccc(-c3nc4ccc(C)cc4s3)cc2)noc1C. The Morgan fingerprint density at radius 3 is 2.57 bits per heavy atom. The van der Waals surface area contributed by atoms with E-state index in [1.165, 1.54) is 5.56 Å². The number of aromatic nitrogens is 2. The van der Waals surface area contributed by atoms with Gasteiger partial charge in [0.2, 0.25) is 0 Å². The summed E-state index contributed by atoms with van der Waals surface area (Å²) in [5.74, 6) is 1.33. The number of anilines is 1. The Morgan fingerprint density at radius 1 is 1.03 bits per heavy atom. The molecule has 0 unspecified atom stereocenters. The lowest BCUT2D eigenvalue weighted by atomic mass is 10.1. The van der Waals surface area contributed by atoms with Crippen LogP contribution in [-0.2, 0) is 6.61 Å². The van der Waals surface area contributed by atoms with Gasteiger partial charge < -0.3 is 19.3 Å². The normalized spacial score (nSPS) is 10.9. The zero-order chi connectivity index (χ0) is 24.4. The van der Waals surface area contributed by atoms with Crippen molar-refractivity contribution >= 4 is 33.1 Å². The van der Waals surface area contributed by atoms with E-state index in [9.17, 15) is 4.79 Å². The number of hydrogen-bond donors (Lipinski definition) is 1. The Hall–Kier alpha value is -4.17. The third kappa shape index (κ3) is 4.74. The molecule has 0 spiro atoms. The average Bonchev–Trinajstić information content (AvgIpc) is 3.46. The van der Waals surface area contributed by atoms with E-state index in [0.29, 0.717) is 28.5 Å². The number of para-hydroxylation sites is 2. The monoisotopic (exact) mass is 485 g/mol. The van der Waals surface area contributed by atoms with E-state index in [0.717, 1.165) is 20.8 Å². The van der Waals surface area contributed by atoms with E-state index in [-0.39, 0.29) is 18.2 Å². The molecule has 0 saturated carbocycles. The second kappa shape index (κ2) is 9.60. The van der Waals surface area contributed by atoms with Crippen LogP contribution in [0.25, 0.3) is 20.8 Å². The molecule has 5 aromatic rings. The Morgan fingerprint density at radius 2 is 1.80 bits per heavy atom. The molecular weight excluding hydrogens is 462 g/mol. The van der Waals surface area contributed by atoms with Gasteiger partial charge in [0.05, 0.1) is 22.9 Å². The van der Waals surface area contributed by atoms with Gasteiger partial charge in [0.25, 0.3) is 5.91 Å². The lowest BCUT2D eigenvalue weighted by Crippen LogP contribution is -2.15. The lowest BCUT2D eigenvalue weighted by Gasteiger charge is -2.10. The highest BCUT2D eigenvalue weighted by molar-refractivity contribution is 7.21. The summed E-state index contributed by atoms with van der Waals surface area (Å²) in [6.45, 7) is 3.94. The minimum atomic E-state index is -0.372. The molecule has 0 aliphatic carbocycles. The van der Waals surface area contributed by atoms with Gasteiger partial charge in [-0.1, -0.05) is 23.4 Å². The summed E-state index contributed by atoms with van der Waals surface area (Å²) in [6.07, 6.45) is 0. The van der Waals surface area contributed by atoms with E-state index in [4.69, 9.17) is 19.0 Å². The Kier molecular flexibility index (Phi) is 6.20. The van der Waals surface area contributed by atoms with E-state index in [1.54, 1.807) is 31.4 Å². The first-order valence-electron chi connectivity index (χ1n) is 11.0. The van der Waals surface area contributed by atoms with Gasteiger partial charge in [-0.15, -0.1) is 11.3 Å². The smallest absolute Gasteiger partial charge is 0.278 e. The largest absolute Gasteiger partial charge is 0.493 e. The molecule has 0 aliphatic rings. The van der Waals surface area contributed by atoms with Gasteiger partial charge in [0, 0.05) is 11.3 Å². The van der Waals surface area contributed by atoms with E-state index in [2.05, 4.69) is 29.5 Å². The second-order valence-electron chi connectivity index (χ2n) is 8.03. The van der Waals surface area contributed by atoms with Crippen LogP contribution in [0.3, 0.4) is 0 Å². The number of fused-ring (bicyclic) bond motifs is 1. The topological polar surface area (TPSA) is 86.5 Å². The highest BCUT2D eigenvalue weighted by Gasteiger charge is 2.21. The van der Waals surface area contributed by atoms with Crippen molar-refractivity contribution < 1.29 is 18.8 Å². The number of carbonyl (C=O) groups is 1. The molecule has 176 valence electrons. The molecule has 0 aliphatic heterocycles. The minimum absolute atomic E-state index is 0.120. The van der Waals surface area contributed by atoms with Gasteiger partial charge in [-0.25, -0.2) is 4.98 Å². The average molecular weight is 486 g/mol. The number of nitrogens with one attached hydrogen (secondary N) is 1. The predicted molar refractivity (Wildman–Crippen MR) is 136 cm³/mol. The molecule has 2 heterocycles. The number of hydrogen-bond acceptors (Lipinski definition) is 7. The predicted octanol–water partition coefficient (Wildman–Crippen LogP) is 6.41. The van der Waals surface area contributed by atoms with Crippen LogP contribution in [0.15, 0.2) is 71.3 Å². The van der Waals surface area contributed by atoms with Crippen LogP contribution in [0.4, 0.5) is 5.69 Å². The first kappa shape index (κ1) is 22.6. The molecule has 1 amide bonds. The van der Waals surface area contributed by atoms with Crippen molar-refractivity contribution in [1.82, 2.24) is 10.1 Å². The quantitative estimate of drug-likeness (QED) is 0.287. The Bertz CT molecular complexity index is 1500. The highest BCUT2D eigenvalue weighted by atomic mass is 32.1. The number of methoxy groups -OCH3 is 1. The molecule has 2 aromatic heterocycles. The first-order chi connectivity index (χ1) is 17.0. The van der Waals surface area contributed by atoms with E-state index >= 15 is 0 Å². The van der Waals surface area contributed by atoms with Gasteiger partial charge in [-0.3, -0.25) is 4.79 Å². The van der Waals surface area contributed by atoms with Crippen LogP contribution in [0.2, 0.25) is 0 Å². The first-order valence-corrected chi connectivity index (χ1v) is 11.8. The zero-order valence-electron chi connectivity index (χ0n) is 19.5. The van der Waals surface area contributed by atoms with Crippen molar-refractivity contribution in [3.8, 4) is 22.1 Å². The maximum atomic E-state index is 13.0. The molecule has 7 nitrogen and oxygen atoms in total. The van der Waals surface area contributed by atoms with Crippen molar-refractivity contribution in [2.45, 2.75) is 20.5 Å². The Labute approximate surface area is 206 Å². The molecule has 35 heavy (non-hydrogen) atoms. The van der Waals surface area contributed by atoms with Crippen molar-refractivity contribution in [3.05, 3.63) is 89.3 Å². The number of carbonyl (C=O) groups excluding carboxylic acids is 1. The second-order valence-corrected chi connectivity index (χ2v) is 9.06. The molecule has 8 heteroatoms. The van der Waals surface area contributed by atoms with Gasteiger partial charge in [-0.2, -0.15) is 0 Å². The maximum Gasteiger partial charge on any atom is 0.278 e. The minimum Gasteiger partial charge on any atom is -0.493 e. The van der Waals surface area contributed by atoms with Crippen LogP contribution in [-0.4, -0.2) is 23.2 Å².